The zero-order chi connectivity index (χ0) is 22.2. The smallest absolute Gasteiger partial charge is 0.339 e. The van der Waals surface area contributed by atoms with E-state index in [4.69, 9.17) is 18.9 Å². The lowest BCUT2D eigenvalue weighted by molar-refractivity contribution is 0.0534. The first-order valence-corrected chi connectivity index (χ1v) is 10.3. The van der Waals surface area contributed by atoms with Gasteiger partial charge in [-0.2, -0.15) is 0 Å². The predicted octanol–water partition coefficient (Wildman–Crippen LogP) is 2.65. The second kappa shape index (κ2) is 8.31. The van der Waals surface area contributed by atoms with Crippen LogP contribution in [0.2, 0.25) is 0 Å². The molecule has 0 atom stereocenters. The van der Waals surface area contributed by atoms with Gasteiger partial charge in [-0.15, -0.1) is 0 Å². The Kier molecular flexibility index (Phi) is 5.34. The van der Waals surface area contributed by atoms with Crippen molar-refractivity contribution in [1.29, 1.82) is 0 Å². The summed E-state index contributed by atoms with van der Waals surface area (Å²) in [6.45, 7) is -0.103. The second-order valence-electron chi connectivity index (χ2n) is 7.61. The van der Waals surface area contributed by atoms with Gasteiger partial charge in [0.05, 0.1) is 25.4 Å². The highest BCUT2D eigenvalue weighted by Crippen LogP contribution is 2.47. The number of rotatable bonds is 7. The minimum Gasteiger partial charge on any atom is -0.492 e. The highest BCUT2D eigenvalue weighted by molar-refractivity contribution is 6.13. The van der Waals surface area contributed by atoms with Gasteiger partial charge in [0.2, 0.25) is 6.79 Å². The molecule has 0 saturated carbocycles. The Morgan fingerprint density at radius 3 is 2.38 bits per heavy atom. The van der Waals surface area contributed by atoms with Crippen LogP contribution in [-0.4, -0.2) is 41.3 Å². The summed E-state index contributed by atoms with van der Waals surface area (Å²) in [4.78, 5) is 12.8. The molecule has 2 aliphatic heterocycles. The standard InChI is InChI=1S/C24H22O8/c25-4-1-5-29-23-17-7-15(10-27)14(9-26)6-16(17)21(22-18(23)11-30-24(22)28)13-2-3-19-20(8-13)32-12-31-19/h2-3,6-8,25-27H,1,4-5,9-12H2. The fourth-order valence-corrected chi connectivity index (χ4v) is 4.27. The number of ether oxygens (including phenoxy) is 4. The number of hydrogen-bond acceptors (Lipinski definition) is 8. The molecule has 0 bridgehead atoms. The molecule has 0 saturated heterocycles. The average Bonchev–Trinajstić information content (AvgIpc) is 3.44. The molecule has 0 fully saturated rings. The molecule has 0 radical (unpaired) electrons. The summed E-state index contributed by atoms with van der Waals surface area (Å²) < 4.78 is 22.3. The summed E-state index contributed by atoms with van der Waals surface area (Å²) in [5, 5.41) is 30.3. The predicted molar refractivity (Wildman–Crippen MR) is 114 cm³/mol. The van der Waals surface area contributed by atoms with E-state index >= 15 is 0 Å². The first-order chi connectivity index (χ1) is 15.7. The maximum absolute atomic E-state index is 12.8. The summed E-state index contributed by atoms with van der Waals surface area (Å²) in [7, 11) is 0. The molecule has 0 aliphatic carbocycles. The maximum Gasteiger partial charge on any atom is 0.339 e. The van der Waals surface area contributed by atoms with E-state index in [-0.39, 0.29) is 39.8 Å². The van der Waals surface area contributed by atoms with Crippen molar-refractivity contribution in [3.05, 3.63) is 52.6 Å². The van der Waals surface area contributed by atoms with Crippen LogP contribution >= 0.6 is 0 Å². The number of fused-ring (bicyclic) bond motifs is 3. The number of hydrogen-bond donors (Lipinski definition) is 3. The number of aliphatic hydroxyl groups is 3. The summed E-state index contributed by atoms with van der Waals surface area (Å²) in [5.41, 5.74) is 3.51. The highest BCUT2D eigenvalue weighted by Gasteiger charge is 2.33. The molecule has 166 valence electrons. The summed E-state index contributed by atoms with van der Waals surface area (Å²) in [6.07, 6.45) is 0.427. The van der Waals surface area contributed by atoms with Gasteiger partial charge in [0.25, 0.3) is 0 Å². The van der Waals surface area contributed by atoms with Crippen molar-refractivity contribution in [3.63, 3.8) is 0 Å². The molecule has 2 aliphatic rings. The van der Waals surface area contributed by atoms with Crippen LogP contribution in [0.15, 0.2) is 30.3 Å². The zero-order valence-electron chi connectivity index (χ0n) is 17.2. The normalized spacial score (nSPS) is 14.0. The van der Waals surface area contributed by atoms with Crippen molar-refractivity contribution in [2.45, 2.75) is 26.2 Å². The third kappa shape index (κ3) is 3.24. The maximum atomic E-state index is 12.8. The molecule has 0 aromatic heterocycles. The van der Waals surface area contributed by atoms with E-state index in [0.717, 1.165) is 5.56 Å². The van der Waals surface area contributed by atoms with E-state index in [2.05, 4.69) is 0 Å². The van der Waals surface area contributed by atoms with Crippen LogP contribution < -0.4 is 14.2 Å². The molecule has 5 rings (SSSR count). The molecule has 8 heteroatoms. The largest absolute Gasteiger partial charge is 0.492 e. The number of cyclic esters (lactones) is 1. The van der Waals surface area contributed by atoms with Crippen molar-refractivity contribution in [1.82, 2.24) is 0 Å². The Hall–Kier alpha value is -3.33. The first kappa shape index (κ1) is 20.6. The SMILES string of the molecule is O=C1OCc2c1c(-c1ccc3c(c1)OCO3)c1cc(CO)c(CO)cc1c2OCCCO. The molecule has 0 spiro atoms. The molecular formula is C24H22O8. The lowest BCUT2D eigenvalue weighted by Gasteiger charge is -2.19. The fourth-order valence-electron chi connectivity index (χ4n) is 4.27. The van der Waals surface area contributed by atoms with Crippen molar-refractivity contribution in [2.24, 2.45) is 0 Å². The lowest BCUT2D eigenvalue weighted by Crippen LogP contribution is -2.06. The van der Waals surface area contributed by atoms with Gasteiger partial charge >= 0.3 is 5.97 Å². The molecule has 3 aromatic carbocycles. The number of esters is 1. The number of aliphatic hydroxyl groups excluding tert-OH is 3. The molecular weight excluding hydrogens is 416 g/mol. The molecule has 2 heterocycles. The van der Waals surface area contributed by atoms with Crippen molar-refractivity contribution in [2.75, 3.05) is 20.0 Å². The van der Waals surface area contributed by atoms with Crippen LogP contribution in [0.1, 0.15) is 33.5 Å². The summed E-state index contributed by atoms with van der Waals surface area (Å²) in [6, 6.07) is 8.99. The minimum absolute atomic E-state index is 0.0264. The quantitative estimate of drug-likeness (QED) is 0.381. The molecule has 8 nitrogen and oxygen atoms in total. The third-order valence-corrected chi connectivity index (χ3v) is 5.78. The fraction of sp³-hybridized carbons (Fsp3) is 0.292. The van der Waals surface area contributed by atoms with Gasteiger partial charge in [-0.05, 0) is 46.3 Å². The monoisotopic (exact) mass is 438 g/mol. The van der Waals surface area contributed by atoms with E-state index in [1.54, 1.807) is 18.2 Å². The van der Waals surface area contributed by atoms with Crippen molar-refractivity contribution < 1.29 is 39.1 Å². The Morgan fingerprint density at radius 2 is 1.62 bits per heavy atom. The van der Waals surface area contributed by atoms with E-state index < -0.39 is 5.97 Å². The first-order valence-electron chi connectivity index (χ1n) is 10.3. The van der Waals surface area contributed by atoms with Gasteiger partial charge < -0.3 is 34.3 Å². The molecule has 0 amide bonds. The molecule has 3 aromatic rings. The summed E-state index contributed by atoms with van der Waals surface area (Å²) in [5.74, 6) is 1.23. The van der Waals surface area contributed by atoms with E-state index in [1.807, 2.05) is 12.1 Å². The Bertz CT molecular complexity index is 1220. The third-order valence-electron chi connectivity index (χ3n) is 5.78. The van der Waals surface area contributed by atoms with Gasteiger partial charge in [-0.25, -0.2) is 4.79 Å². The van der Waals surface area contributed by atoms with E-state index in [0.29, 0.717) is 62.3 Å². The van der Waals surface area contributed by atoms with Gasteiger partial charge in [-0.1, -0.05) is 6.07 Å². The highest BCUT2D eigenvalue weighted by atomic mass is 16.7. The topological polar surface area (TPSA) is 115 Å². The Labute approximate surface area is 183 Å². The van der Waals surface area contributed by atoms with Crippen molar-refractivity contribution in [3.8, 4) is 28.4 Å². The van der Waals surface area contributed by atoms with Crippen LogP contribution in [0.4, 0.5) is 0 Å². The van der Waals surface area contributed by atoms with Gasteiger partial charge in [0.15, 0.2) is 11.5 Å². The average molecular weight is 438 g/mol. The summed E-state index contributed by atoms with van der Waals surface area (Å²) >= 11 is 0. The van der Waals surface area contributed by atoms with Crippen LogP contribution in [0.25, 0.3) is 21.9 Å². The molecule has 0 unspecified atom stereocenters. The Morgan fingerprint density at radius 1 is 0.875 bits per heavy atom. The molecule has 3 N–H and O–H groups in total. The van der Waals surface area contributed by atoms with Gasteiger partial charge in [0, 0.05) is 29.5 Å². The van der Waals surface area contributed by atoms with Gasteiger partial charge in [-0.3, -0.25) is 0 Å². The van der Waals surface area contributed by atoms with Crippen LogP contribution in [0, 0.1) is 0 Å². The van der Waals surface area contributed by atoms with Crippen molar-refractivity contribution >= 4 is 16.7 Å². The minimum atomic E-state index is -0.460. The number of benzene rings is 3. The van der Waals surface area contributed by atoms with Crippen LogP contribution in [-0.2, 0) is 24.6 Å². The van der Waals surface area contributed by atoms with Crippen LogP contribution in [0.3, 0.4) is 0 Å². The number of carbonyl (C=O) groups excluding carboxylic acids is 1. The molecule has 32 heavy (non-hydrogen) atoms. The van der Waals surface area contributed by atoms with E-state index in [1.165, 1.54) is 0 Å². The van der Waals surface area contributed by atoms with Crippen LogP contribution in [0.5, 0.6) is 17.2 Å². The van der Waals surface area contributed by atoms with Gasteiger partial charge in [0.1, 0.15) is 12.4 Å². The second-order valence-corrected chi connectivity index (χ2v) is 7.61. The zero-order valence-corrected chi connectivity index (χ0v) is 17.2. The lowest BCUT2D eigenvalue weighted by atomic mass is 9.87. The van der Waals surface area contributed by atoms with E-state index in [9.17, 15) is 20.1 Å². The number of carbonyl (C=O) groups is 1. The Balaban J connectivity index is 1.83.